The monoisotopic (exact) mass is 455 g/mol. The summed E-state index contributed by atoms with van der Waals surface area (Å²) in [4.78, 5) is 25.7. The number of rotatable bonds is 8. The molecule has 0 spiro atoms. The number of nitrogens with zero attached hydrogens (tertiary/aromatic N) is 2. The number of anilines is 1. The Balaban J connectivity index is 2.20. The van der Waals surface area contributed by atoms with Crippen LogP contribution in [0.5, 0.6) is 0 Å². The maximum atomic E-state index is 14.3. The Hall–Kier alpha value is -2.49. The fraction of sp³-hybridized carbons (Fsp3) is 0.300. The van der Waals surface area contributed by atoms with Gasteiger partial charge in [0.15, 0.2) is 0 Å². The highest BCUT2D eigenvalue weighted by molar-refractivity contribution is 7.89. The molecule has 0 saturated carbocycles. The topological polar surface area (TPSA) is 86.8 Å². The maximum absolute atomic E-state index is 14.3. The van der Waals surface area contributed by atoms with Crippen molar-refractivity contribution in [2.45, 2.75) is 18.7 Å². The average Bonchev–Trinajstić information content (AvgIpc) is 2.68. The van der Waals surface area contributed by atoms with Gasteiger partial charge in [-0.1, -0.05) is 31.5 Å². The number of sulfonamides is 1. The minimum absolute atomic E-state index is 0.187. The van der Waals surface area contributed by atoms with Gasteiger partial charge < -0.3 is 10.2 Å². The van der Waals surface area contributed by atoms with E-state index in [-0.39, 0.29) is 24.5 Å². The van der Waals surface area contributed by atoms with Crippen molar-refractivity contribution in [3.05, 3.63) is 58.9 Å². The Kier molecular flexibility index (Phi) is 7.94. The van der Waals surface area contributed by atoms with Crippen molar-refractivity contribution >= 4 is 39.1 Å². The molecule has 1 N–H and O–H groups in total. The van der Waals surface area contributed by atoms with Gasteiger partial charge in [-0.15, -0.1) is 0 Å². The number of carbonyl (C=O) groups is 2. The predicted molar refractivity (Wildman–Crippen MR) is 114 cm³/mol. The van der Waals surface area contributed by atoms with Gasteiger partial charge in [-0.3, -0.25) is 9.59 Å². The summed E-state index contributed by atoms with van der Waals surface area (Å²) in [5, 5.41) is 3.02. The lowest BCUT2D eigenvalue weighted by Gasteiger charge is -2.20. The van der Waals surface area contributed by atoms with Crippen LogP contribution in [-0.2, 0) is 14.8 Å². The van der Waals surface area contributed by atoms with Crippen molar-refractivity contribution in [2.24, 2.45) is 0 Å². The lowest BCUT2D eigenvalue weighted by Crippen LogP contribution is -2.35. The highest BCUT2D eigenvalue weighted by Crippen LogP contribution is 2.20. The first-order valence-corrected chi connectivity index (χ1v) is 11.0. The van der Waals surface area contributed by atoms with Gasteiger partial charge in [0, 0.05) is 30.8 Å². The molecule has 0 heterocycles. The molecule has 10 heteroatoms. The van der Waals surface area contributed by atoms with Gasteiger partial charge in [-0.05, 0) is 36.4 Å². The zero-order chi connectivity index (χ0) is 22.5. The molecule has 2 amide bonds. The van der Waals surface area contributed by atoms with Gasteiger partial charge in [-0.25, -0.2) is 12.8 Å². The Morgan fingerprint density at radius 2 is 1.77 bits per heavy atom. The van der Waals surface area contributed by atoms with Crippen LogP contribution in [0.2, 0.25) is 5.02 Å². The third-order valence-electron chi connectivity index (χ3n) is 4.35. The quantitative estimate of drug-likeness (QED) is 0.662. The van der Waals surface area contributed by atoms with Gasteiger partial charge in [0.1, 0.15) is 5.82 Å². The van der Waals surface area contributed by atoms with Crippen molar-refractivity contribution in [3.8, 4) is 0 Å². The molecule has 162 valence electrons. The average molecular weight is 456 g/mol. The van der Waals surface area contributed by atoms with Gasteiger partial charge >= 0.3 is 0 Å². The summed E-state index contributed by atoms with van der Waals surface area (Å²) >= 11 is 5.87. The van der Waals surface area contributed by atoms with E-state index in [9.17, 15) is 22.4 Å². The van der Waals surface area contributed by atoms with E-state index in [1.165, 1.54) is 11.4 Å². The number of likely N-dealkylation sites (N-methyl/N-ethyl adjacent to an activating group) is 1. The van der Waals surface area contributed by atoms with Crippen LogP contribution >= 0.6 is 11.6 Å². The lowest BCUT2D eigenvalue weighted by atomic mass is 10.2. The molecule has 0 unspecified atom stereocenters. The van der Waals surface area contributed by atoms with E-state index in [2.05, 4.69) is 5.32 Å². The third kappa shape index (κ3) is 5.56. The lowest BCUT2D eigenvalue weighted by molar-refractivity contribution is -0.116. The van der Waals surface area contributed by atoms with Crippen molar-refractivity contribution in [2.75, 3.05) is 32.0 Å². The highest BCUT2D eigenvalue weighted by Gasteiger charge is 2.25. The zero-order valence-electron chi connectivity index (χ0n) is 16.9. The van der Waals surface area contributed by atoms with Crippen LogP contribution in [0.25, 0.3) is 0 Å². The van der Waals surface area contributed by atoms with Crippen molar-refractivity contribution in [1.82, 2.24) is 9.21 Å². The van der Waals surface area contributed by atoms with E-state index in [0.717, 1.165) is 23.1 Å². The summed E-state index contributed by atoms with van der Waals surface area (Å²) in [6, 6.07) is 9.53. The van der Waals surface area contributed by atoms with E-state index in [1.54, 1.807) is 38.1 Å². The van der Waals surface area contributed by atoms with Crippen LogP contribution in [0.4, 0.5) is 10.1 Å². The van der Waals surface area contributed by atoms with Crippen LogP contribution < -0.4 is 5.32 Å². The molecule has 2 aromatic carbocycles. The van der Waals surface area contributed by atoms with Crippen molar-refractivity contribution < 1.29 is 22.4 Å². The smallest absolute Gasteiger partial charge is 0.257 e. The fourth-order valence-corrected chi connectivity index (χ4v) is 4.48. The first kappa shape index (κ1) is 23.8. The molecule has 0 radical (unpaired) electrons. The van der Waals surface area contributed by atoms with E-state index in [4.69, 9.17) is 11.6 Å². The van der Waals surface area contributed by atoms with Crippen LogP contribution in [0.3, 0.4) is 0 Å². The molecule has 0 saturated heterocycles. The van der Waals surface area contributed by atoms with Crippen LogP contribution in [0, 0.1) is 5.82 Å². The summed E-state index contributed by atoms with van der Waals surface area (Å²) in [7, 11) is -2.54. The molecule has 2 rings (SSSR count). The summed E-state index contributed by atoms with van der Waals surface area (Å²) in [6.07, 6.45) is 0. The van der Waals surface area contributed by atoms with Crippen LogP contribution in [0.15, 0.2) is 47.4 Å². The fourth-order valence-electron chi connectivity index (χ4n) is 2.80. The van der Waals surface area contributed by atoms with Gasteiger partial charge in [-0.2, -0.15) is 4.31 Å². The second kappa shape index (κ2) is 10.0. The number of halogens is 2. The molecule has 0 bridgehead atoms. The normalized spacial score (nSPS) is 11.4. The van der Waals surface area contributed by atoms with Crippen molar-refractivity contribution in [3.63, 3.8) is 0 Å². The summed E-state index contributed by atoms with van der Waals surface area (Å²) in [5.74, 6) is -2.20. The van der Waals surface area contributed by atoms with E-state index < -0.39 is 33.2 Å². The van der Waals surface area contributed by atoms with Crippen LogP contribution in [0.1, 0.15) is 24.2 Å². The summed E-state index contributed by atoms with van der Waals surface area (Å²) in [6.45, 7) is 3.48. The molecular weight excluding hydrogens is 433 g/mol. The van der Waals surface area contributed by atoms with Crippen molar-refractivity contribution in [1.29, 1.82) is 0 Å². The number of benzene rings is 2. The predicted octanol–water partition coefficient (Wildman–Crippen LogP) is 3.22. The molecular formula is C20H23ClFN3O4S. The number of nitrogens with one attached hydrogen (secondary N) is 1. The Morgan fingerprint density at radius 3 is 2.37 bits per heavy atom. The second-order valence-electron chi connectivity index (χ2n) is 6.45. The van der Waals surface area contributed by atoms with Gasteiger partial charge in [0.25, 0.3) is 5.91 Å². The zero-order valence-corrected chi connectivity index (χ0v) is 18.4. The number of hydrogen-bond acceptors (Lipinski definition) is 4. The minimum atomic E-state index is -3.86. The molecule has 30 heavy (non-hydrogen) atoms. The van der Waals surface area contributed by atoms with E-state index in [0.29, 0.717) is 10.7 Å². The van der Waals surface area contributed by atoms with E-state index in [1.807, 2.05) is 0 Å². The molecule has 0 aliphatic rings. The largest absolute Gasteiger partial charge is 0.332 e. The molecule has 7 nitrogen and oxygen atoms in total. The number of carbonyl (C=O) groups excluding carboxylic acids is 2. The molecule has 0 aliphatic heterocycles. The summed E-state index contributed by atoms with van der Waals surface area (Å²) < 4.78 is 40.8. The number of hydrogen-bond donors (Lipinski definition) is 1. The standard InChI is InChI=1S/C20H23ClFN3O4S/c1-4-25(5-2)30(28,29)16-9-10-18(22)17(12-16)20(27)24(3)13-19(26)23-15-8-6-7-14(21)11-15/h6-12H,4-5,13H2,1-3H3,(H,23,26). The summed E-state index contributed by atoms with van der Waals surface area (Å²) in [5.41, 5.74) is 0.0214. The Morgan fingerprint density at radius 1 is 1.10 bits per heavy atom. The molecule has 2 aromatic rings. The molecule has 0 atom stereocenters. The third-order valence-corrected chi connectivity index (χ3v) is 6.63. The first-order valence-electron chi connectivity index (χ1n) is 9.20. The maximum Gasteiger partial charge on any atom is 0.257 e. The molecule has 0 aromatic heterocycles. The highest BCUT2D eigenvalue weighted by atomic mass is 35.5. The second-order valence-corrected chi connectivity index (χ2v) is 8.83. The van der Waals surface area contributed by atoms with E-state index >= 15 is 0 Å². The Labute approximate surface area is 180 Å². The minimum Gasteiger partial charge on any atom is -0.332 e. The molecule has 0 aliphatic carbocycles. The SMILES string of the molecule is CCN(CC)S(=O)(=O)c1ccc(F)c(C(=O)N(C)CC(=O)Nc2cccc(Cl)c2)c1. The number of amides is 2. The van der Waals surface area contributed by atoms with Gasteiger partial charge in [0.2, 0.25) is 15.9 Å². The molecule has 0 fully saturated rings. The first-order chi connectivity index (χ1) is 14.1. The van der Waals surface area contributed by atoms with Crippen LogP contribution in [-0.4, -0.2) is 56.1 Å². The van der Waals surface area contributed by atoms with Gasteiger partial charge in [0.05, 0.1) is 17.0 Å². The Bertz CT molecular complexity index is 1040.